The zero-order valence-electron chi connectivity index (χ0n) is 26.3. The SMILES string of the molecule is C[Si](C)(C)C(c1cc(C([Si](C)(C)C)[Si](C)(C)C)[c]([Bi])c(C([Si](C)(C)C)[Si](C)(C)C)c1)[Si](C)(C)C. The van der Waals surface area contributed by atoms with E-state index >= 15 is 0 Å². The van der Waals surface area contributed by atoms with Gasteiger partial charge in [0.25, 0.3) is 0 Å². The van der Waals surface area contributed by atoms with E-state index in [1.54, 1.807) is 8.83 Å². The van der Waals surface area contributed by atoms with Crippen molar-refractivity contribution in [1.29, 1.82) is 0 Å². The summed E-state index contributed by atoms with van der Waals surface area (Å²) in [7, 11) is -8.20. The summed E-state index contributed by atoms with van der Waals surface area (Å²) in [5.41, 5.74) is 5.44. The normalized spacial score (nSPS) is 15.1. The minimum absolute atomic E-state index is 0.823. The maximum absolute atomic E-state index is 2.83. The van der Waals surface area contributed by atoms with Crippen molar-refractivity contribution < 1.29 is 0 Å². The Hall–Kier alpha value is 1.40. The van der Waals surface area contributed by atoms with E-state index in [4.69, 9.17) is 0 Å². The summed E-state index contributed by atoms with van der Waals surface area (Å²) >= 11 is 1.46. The van der Waals surface area contributed by atoms with Gasteiger partial charge in [0, 0.05) is 0 Å². The van der Waals surface area contributed by atoms with Gasteiger partial charge in [0.2, 0.25) is 0 Å². The molecule has 0 aliphatic rings. The second kappa shape index (κ2) is 10.5. The first-order valence-electron chi connectivity index (χ1n) is 13.5. The summed E-state index contributed by atoms with van der Waals surface area (Å²) in [4.78, 5) is 0. The van der Waals surface area contributed by atoms with Gasteiger partial charge in [0.1, 0.15) is 0 Å². The third-order valence-corrected chi connectivity index (χ3v) is 37.2. The van der Waals surface area contributed by atoms with E-state index in [0.717, 1.165) is 15.5 Å². The van der Waals surface area contributed by atoms with Crippen LogP contribution in [0.4, 0.5) is 0 Å². The van der Waals surface area contributed by atoms with Crippen molar-refractivity contribution in [2.24, 2.45) is 0 Å². The van der Waals surface area contributed by atoms with E-state index in [1.807, 2.05) is 11.1 Å². The molecule has 0 aliphatic carbocycles. The van der Waals surface area contributed by atoms with Crippen molar-refractivity contribution in [2.45, 2.75) is 133 Å². The molecule has 0 bridgehead atoms. The van der Waals surface area contributed by atoms with Gasteiger partial charge in [0.15, 0.2) is 0 Å². The molecule has 196 valence electrons. The third-order valence-electron chi connectivity index (χ3n) is 7.34. The Labute approximate surface area is 236 Å². The van der Waals surface area contributed by atoms with E-state index in [1.165, 1.54) is 24.7 Å². The van der Waals surface area contributed by atoms with Gasteiger partial charge >= 0.3 is 239 Å². The molecule has 0 aromatic heterocycles. The molecule has 0 unspecified atom stereocenters. The Morgan fingerprint density at radius 2 is 0.618 bits per heavy atom. The number of benzene rings is 1. The fourth-order valence-electron chi connectivity index (χ4n) is 8.07. The van der Waals surface area contributed by atoms with Crippen molar-refractivity contribution in [1.82, 2.24) is 0 Å². The molecule has 0 spiro atoms. The summed E-state index contributed by atoms with van der Waals surface area (Å²) in [6.07, 6.45) is 0. The molecule has 7 heteroatoms. The van der Waals surface area contributed by atoms with Gasteiger partial charge in [-0.25, -0.2) is 0 Å². The fraction of sp³-hybridized carbons (Fsp3) is 0.778. The molecule has 0 aliphatic heterocycles. The van der Waals surface area contributed by atoms with Gasteiger partial charge in [-0.15, -0.1) is 0 Å². The molecule has 1 aromatic carbocycles. The van der Waals surface area contributed by atoms with Gasteiger partial charge < -0.3 is 0 Å². The van der Waals surface area contributed by atoms with Gasteiger partial charge in [-0.3, -0.25) is 0 Å². The summed E-state index contributed by atoms with van der Waals surface area (Å²) in [6.45, 7) is 47.7. The average Bonchev–Trinajstić information content (AvgIpc) is 2.42. The van der Waals surface area contributed by atoms with Crippen LogP contribution in [0.15, 0.2) is 12.1 Å². The summed E-state index contributed by atoms with van der Waals surface area (Å²) < 4.78 is 1.80. The summed E-state index contributed by atoms with van der Waals surface area (Å²) in [5.74, 6) is 0. The molecule has 0 fully saturated rings. The first-order chi connectivity index (χ1) is 14.6. The van der Waals surface area contributed by atoms with Gasteiger partial charge in [-0.2, -0.15) is 0 Å². The first kappa shape index (κ1) is 33.4. The maximum atomic E-state index is 2.83. The van der Waals surface area contributed by atoms with E-state index in [0.29, 0.717) is 0 Å². The number of hydrogen-bond acceptors (Lipinski definition) is 0. The van der Waals surface area contributed by atoms with Crippen molar-refractivity contribution in [3.05, 3.63) is 28.8 Å². The molecule has 2 radical (unpaired) electrons. The quantitative estimate of drug-likeness (QED) is 0.221. The van der Waals surface area contributed by atoms with Crippen LogP contribution in [-0.4, -0.2) is 73.2 Å². The molecule has 0 heterocycles. The van der Waals surface area contributed by atoms with E-state index < -0.39 is 48.4 Å². The monoisotopic (exact) mass is 760 g/mol. The van der Waals surface area contributed by atoms with Crippen molar-refractivity contribution in [3.8, 4) is 0 Å². The van der Waals surface area contributed by atoms with Crippen LogP contribution in [0, 0.1) is 0 Å². The Morgan fingerprint density at radius 1 is 0.412 bits per heavy atom. The topological polar surface area (TPSA) is 0 Å². The zero-order valence-corrected chi connectivity index (χ0v) is 35.8. The van der Waals surface area contributed by atoms with Crippen molar-refractivity contribution >= 4 is 76.4 Å². The van der Waals surface area contributed by atoms with E-state index in [9.17, 15) is 0 Å². The van der Waals surface area contributed by atoms with Gasteiger partial charge in [-0.05, 0) is 0 Å². The predicted molar refractivity (Wildman–Crippen MR) is 180 cm³/mol. The van der Waals surface area contributed by atoms with Gasteiger partial charge in [-0.1, -0.05) is 0 Å². The molecule has 34 heavy (non-hydrogen) atoms. The first-order valence-corrected chi connectivity index (χ1v) is 36.7. The molecule has 0 saturated heterocycles. The molecule has 0 N–H and O–H groups in total. The van der Waals surface area contributed by atoms with Crippen LogP contribution in [0.25, 0.3) is 0 Å². The third kappa shape index (κ3) is 8.20. The number of hydrogen-bond donors (Lipinski definition) is 0. The fourth-order valence-corrected chi connectivity index (χ4v) is 49.7. The molecular weight excluding hydrogens is 702 g/mol. The Kier molecular flexibility index (Phi) is 10.3. The standard InChI is InChI=1S/C27H59Si6.Bi/c1-28(2,3)25(29(4,5)6)22-19-23(26(30(7,8)9)31(10,11)12)21-24(20-22)27(32(13,14)15)33(16,17)18;/h19-20,25-27H,1-18H3;. The summed E-state index contributed by atoms with van der Waals surface area (Å²) in [6, 6.07) is 5.65. The molecule has 0 atom stereocenters. The van der Waals surface area contributed by atoms with Crippen molar-refractivity contribution in [3.63, 3.8) is 0 Å². The summed E-state index contributed by atoms with van der Waals surface area (Å²) in [5, 5.41) is 2.50. The van der Waals surface area contributed by atoms with Crippen molar-refractivity contribution in [2.75, 3.05) is 0 Å². The van der Waals surface area contributed by atoms with Crippen LogP contribution in [0.1, 0.15) is 32.2 Å². The Morgan fingerprint density at radius 3 is 0.794 bits per heavy atom. The Bertz CT molecular complexity index is 757. The van der Waals surface area contributed by atoms with Crippen LogP contribution >= 0.6 is 0 Å². The molecule has 1 rings (SSSR count). The van der Waals surface area contributed by atoms with E-state index in [2.05, 4.69) is 130 Å². The minimum atomic E-state index is -1.37. The second-order valence-electron chi connectivity index (χ2n) is 17.5. The zero-order chi connectivity index (χ0) is 27.5. The van der Waals surface area contributed by atoms with Crippen LogP contribution < -0.4 is 3.27 Å². The van der Waals surface area contributed by atoms with Crippen LogP contribution in [0.3, 0.4) is 0 Å². The molecule has 1 aromatic rings. The molecule has 0 nitrogen and oxygen atoms in total. The average molecular weight is 761 g/mol. The van der Waals surface area contributed by atoms with Crippen LogP contribution in [0.2, 0.25) is 118 Å². The second-order valence-corrected chi connectivity index (χ2v) is 52.9. The number of rotatable bonds is 9. The molecule has 0 amide bonds. The molecular formula is C27H59BiSi6. The van der Waals surface area contributed by atoms with Gasteiger partial charge in [0.05, 0.1) is 0 Å². The van der Waals surface area contributed by atoms with E-state index in [-0.39, 0.29) is 0 Å². The predicted octanol–water partition coefficient (Wildman–Crippen LogP) is 9.00. The Balaban J connectivity index is 4.31. The van der Waals surface area contributed by atoms with Crippen LogP contribution in [0.5, 0.6) is 0 Å². The van der Waals surface area contributed by atoms with Crippen LogP contribution in [-0.2, 0) is 0 Å². The molecule has 0 saturated carbocycles.